The monoisotopic (exact) mass is 288 g/mol. The number of hydrogen-bond acceptors (Lipinski definition) is 2. The lowest BCUT2D eigenvalue weighted by atomic mass is 9.82. The van der Waals surface area contributed by atoms with E-state index in [0.717, 1.165) is 17.9 Å². The van der Waals surface area contributed by atoms with Crippen molar-refractivity contribution in [1.82, 2.24) is 5.32 Å². The summed E-state index contributed by atoms with van der Waals surface area (Å²) in [6, 6.07) is 8.26. The number of nitrogens with two attached hydrogens (primary N) is 1. The summed E-state index contributed by atoms with van der Waals surface area (Å²) in [6.45, 7) is 4.87. The highest BCUT2D eigenvalue weighted by Crippen LogP contribution is 2.30. The van der Waals surface area contributed by atoms with Crippen LogP contribution in [-0.4, -0.2) is 12.5 Å². The average molecular weight is 288 g/mol. The lowest BCUT2D eigenvalue weighted by Crippen LogP contribution is -2.32. The Morgan fingerprint density at radius 2 is 1.86 bits per heavy atom. The van der Waals surface area contributed by atoms with E-state index in [2.05, 4.69) is 43.4 Å². The minimum absolute atomic E-state index is 0.126. The van der Waals surface area contributed by atoms with Crippen molar-refractivity contribution in [3.05, 3.63) is 35.4 Å². The first kappa shape index (κ1) is 16.0. The van der Waals surface area contributed by atoms with E-state index in [1.165, 1.54) is 24.8 Å². The maximum atomic E-state index is 11.8. The molecule has 0 bridgehead atoms. The number of nitrogens with one attached hydrogen (secondary N) is 1. The van der Waals surface area contributed by atoms with Crippen molar-refractivity contribution in [3.63, 3.8) is 0 Å². The zero-order valence-electron chi connectivity index (χ0n) is 13.3. The summed E-state index contributed by atoms with van der Waals surface area (Å²) in [7, 11) is 0. The number of amides is 1. The average Bonchev–Trinajstić information content (AvgIpc) is 2.43. The molecular formula is C18H28N2O. The Kier molecular flexibility index (Phi) is 5.80. The summed E-state index contributed by atoms with van der Waals surface area (Å²) in [5.74, 6) is 1.45. The van der Waals surface area contributed by atoms with Gasteiger partial charge in [0.2, 0.25) is 5.91 Å². The third kappa shape index (κ3) is 4.85. The van der Waals surface area contributed by atoms with E-state index in [9.17, 15) is 4.79 Å². The summed E-state index contributed by atoms with van der Waals surface area (Å²) < 4.78 is 0. The van der Waals surface area contributed by atoms with Gasteiger partial charge in [0.05, 0.1) is 0 Å². The molecular weight excluding hydrogens is 260 g/mol. The van der Waals surface area contributed by atoms with Crippen LogP contribution in [-0.2, 0) is 4.79 Å². The molecule has 1 aliphatic rings. The molecule has 1 aliphatic carbocycles. The number of carbonyl (C=O) groups excluding carboxylic acids is 1. The van der Waals surface area contributed by atoms with Crippen molar-refractivity contribution in [1.29, 1.82) is 0 Å². The maximum absolute atomic E-state index is 11.8. The van der Waals surface area contributed by atoms with E-state index in [4.69, 9.17) is 5.73 Å². The molecule has 1 amide bonds. The van der Waals surface area contributed by atoms with Crippen molar-refractivity contribution in [2.75, 3.05) is 6.54 Å². The molecule has 0 saturated heterocycles. The molecule has 2 rings (SSSR count). The van der Waals surface area contributed by atoms with Gasteiger partial charge in [-0.2, -0.15) is 0 Å². The van der Waals surface area contributed by atoms with Crippen LogP contribution in [0.2, 0.25) is 0 Å². The lowest BCUT2D eigenvalue weighted by molar-refractivity contribution is -0.121. The molecule has 3 heteroatoms. The molecule has 1 fully saturated rings. The standard InChI is InChI=1S/C18H28N2O/c1-13(2)15-7-9-16(10-8-15)17(19)12-20-18(21)11-6-14-4-3-5-14/h7-10,13-14,17H,3-6,11-12,19H2,1-2H3,(H,20,21). The van der Waals surface area contributed by atoms with Gasteiger partial charge >= 0.3 is 0 Å². The van der Waals surface area contributed by atoms with Crippen LogP contribution in [0.15, 0.2) is 24.3 Å². The second kappa shape index (κ2) is 7.60. The molecule has 0 radical (unpaired) electrons. The topological polar surface area (TPSA) is 55.1 Å². The van der Waals surface area contributed by atoms with Crippen molar-refractivity contribution in [2.45, 2.75) is 57.9 Å². The molecule has 1 aromatic rings. The van der Waals surface area contributed by atoms with Crippen LogP contribution in [0.5, 0.6) is 0 Å². The van der Waals surface area contributed by atoms with Gasteiger partial charge in [-0.3, -0.25) is 4.79 Å². The van der Waals surface area contributed by atoms with Crippen LogP contribution in [0, 0.1) is 5.92 Å². The first-order chi connectivity index (χ1) is 10.1. The molecule has 0 aromatic heterocycles. The second-order valence-electron chi connectivity index (χ2n) is 6.57. The predicted molar refractivity (Wildman–Crippen MR) is 87.0 cm³/mol. The van der Waals surface area contributed by atoms with Gasteiger partial charge < -0.3 is 11.1 Å². The van der Waals surface area contributed by atoms with Gasteiger partial charge in [0.15, 0.2) is 0 Å². The van der Waals surface area contributed by atoms with Gasteiger partial charge in [-0.1, -0.05) is 57.4 Å². The third-order valence-electron chi connectivity index (χ3n) is 4.55. The van der Waals surface area contributed by atoms with Crippen molar-refractivity contribution in [2.24, 2.45) is 11.7 Å². The van der Waals surface area contributed by atoms with Gasteiger partial charge in [-0.05, 0) is 29.4 Å². The molecule has 1 saturated carbocycles. The fourth-order valence-electron chi connectivity index (χ4n) is 2.67. The molecule has 0 aliphatic heterocycles. The Morgan fingerprint density at radius 3 is 2.38 bits per heavy atom. The smallest absolute Gasteiger partial charge is 0.220 e. The first-order valence-corrected chi connectivity index (χ1v) is 8.18. The SMILES string of the molecule is CC(C)c1ccc(C(N)CNC(=O)CCC2CCC2)cc1. The molecule has 0 heterocycles. The van der Waals surface area contributed by atoms with Crippen LogP contribution >= 0.6 is 0 Å². The molecule has 116 valence electrons. The predicted octanol–water partition coefficient (Wildman–Crippen LogP) is 3.51. The Hall–Kier alpha value is -1.35. The quantitative estimate of drug-likeness (QED) is 0.806. The fraction of sp³-hybridized carbons (Fsp3) is 0.611. The third-order valence-corrected chi connectivity index (χ3v) is 4.55. The fourth-order valence-corrected chi connectivity index (χ4v) is 2.67. The summed E-state index contributed by atoms with van der Waals surface area (Å²) in [4.78, 5) is 11.8. The van der Waals surface area contributed by atoms with Crippen LogP contribution in [0.4, 0.5) is 0 Å². The van der Waals surface area contributed by atoms with Crippen LogP contribution in [0.3, 0.4) is 0 Å². The highest BCUT2D eigenvalue weighted by molar-refractivity contribution is 5.75. The van der Waals surface area contributed by atoms with Crippen LogP contribution in [0.25, 0.3) is 0 Å². The summed E-state index contributed by atoms with van der Waals surface area (Å²) in [5, 5.41) is 2.96. The van der Waals surface area contributed by atoms with Gasteiger partial charge in [0, 0.05) is 19.0 Å². The minimum atomic E-state index is -0.126. The maximum Gasteiger partial charge on any atom is 0.220 e. The second-order valence-corrected chi connectivity index (χ2v) is 6.57. The Balaban J connectivity index is 1.72. The van der Waals surface area contributed by atoms with Crippen LogP contribution < -0.4 is 11.1 Å². The Labute approximate surface area is 128 Å². The Bertz CT molecular complexity index is 449. The number of carbonyl (C=O) groups is 1. The minimum Gasteiger partial charge on any atom is -0.354 e. The molecule has 3 nitrogen and oxygen atoms in total. The molecule has 1 atom stereocenters. The van der Waals surface area contributed by atoms with Gasteiger partial charge in [0.1, 0.15) is 0 Å². The molecule has 0 spiro atoms. The zero-order chi connectivity index (χ0) is 15.2. The summed E-state index contributed by atoms with van der Waals surface area (Å²) in [6.07, 6.45) is 5.61. The Morgan fingerprint density at radius 1 is 1.24 bits per heavy atom. The molecule has 3 N–H and O–H groups in total. The molecule has 1 aromatic carbocycles. The van der Waals surface area contributed by atoms with E-state index >= 15 is 0 Å². The van der Waals surface area contributed by atoms with E-state index in [1.807, 2.05) is 0 Å². The van der Waals surface area contributed by atoms with E-state index < -0.39 is 0 Å². The summed E-state index contributed by atoms with van der Waals surface area (Å²) >= 11 is 0. The largest absolute Gasteiger partial charge is 0.354 e. The highest BCUT2D eigenvalue weighted by Gasteiger charge is 2.18. The molecule has 21 heavy (non-hydrogen) atoms. The van der Waals surface area contributed by atoms with Gasteiger partial charge in [0.25, 0.3) is 0 Å². The van der Waals surface area contributed by atoms with Gasteiger partial charge in [-0.15, -0.1) is 0 Å². The van der Waals surface area contributed by atoms with Crippen molar-refractivity contribution >= 4 is 5.91 Å². The van der Waals surface area contributed by atoms with Crippen molar-refractivity contribution < 1.29 is 4.79 Å². The zero-order valence-corrected chi connectivity index (χ0v) is 13.3. The number of benzene rings is 1. The number of rotatable bonds is 7. The number of hydrogen-bond donors (Lipinski definition) is 2. The normalized spacial score (nSPS) is 16.6. The highest BCUT2D eigenvalue weighted by atomic mass is 16.1. The van der Waals surface area contributed by atoms with Gasteiger partial charge in [-0.25, -0.2) is 0 Å². The molecule has 1 unspecified atom stereocenters. The van der Waals surface area contributed by atoms with Crippen LogP contribution in [0.1, 0.15) is 69.0 Å². The van der Waals surface area contributed by atoms with E-state index in [0.29, 0.717) is 18.9 Å². The lowest BCUT2D eigenvalue weighted by Gasteiger charge is -2.24. The first-order valence-electron chi connectivity index (χ1n) is 8.18. The van der Waals surface area contributed by atoms with E-state index in [-0.39, 0.29) is 11.9 Å². The van der Waals surface area contributed by atoms with Crippen molar-refractivity contribution in [3.8, 4) is 0 Å². The summed E-state index contributed by atoms with van der Waals surface area (Å²) in [5.41, 5.74) is 8.55. The van der Waals surface area contributed by atoms with E-state index in [1.54, 1.807) is 0 Å².